The second-order valence-corrected chi connectivity index (χ2v) is 9.17. The lowest BCUT2D eigenvalue weighted by atomic mass is 9.76. The number of aryl methyl sites for hydroxylation is 1. The molecule has 1 heterocycles. The normalized spacial score (nSPS) is 26.2. The average Bonchev–Trinajstić information content (AvgIpc) is 2.83. The number of rotatable bonds is 7. The Hall–Kier alpha value is -0.980. The Morgan fingerprint density at radius 2 is 1.86 bits per heavy atom. The van der Waals surface area contributed by atoms with Crippen molar-refractivity contribution in [2.75, 3.05) is 5.75 Å². The van der Waals surface area contributed by atoms with Gasteiger partial charge < -0.3 is 0 Å². The van der Waals surface area contributed by atoms with Crippen LogP contribution in [-0.4, -0.2) is 34.4 Å². The van der Waals surface area contributed by atoms with Crippen molar-refractivity contribution in [2.45, 2.75) is 65.2 Å². The number of aromatic nitrogens is 4. The average molecular weight is 328 g/mol. The smallest absolute Gasteiger partial charge is 0.166 e. The summed E-state index contributed by atoms with van der Waals surface area (Å²) in [5, 5.41) is 11.3. The molecular weight excluding hydrogens is 300 g/mol. The molecule has 0 bridgehead atoms. The maximum absolute atomic E-state index is 12.4. The van der Waals surface area contributed by atoms with Gasteiger partial charge in [0.25, 0.3) is 0 Å². The van der Waals surface area contributed by atoms with Gasteiger partial charge in [-0.3, -0.25) is 0 Å². The molecule has 0 radical (unpaired) electrons. The molecule has 2 rings (SSSR count). The first kappa shape index (κ1) is 17.4. The number of hydrogen-bond donors (Lipinski definition) is 0. The van der Waals surface area contributed by atoms with Crippen LogP contribution in [0.5, 0.6) is 0 Å². The van der Waals surface area contributed by atoms with Crippen LogP contribution in [0.2, 0.25) is 0 Å². The molecule has 0 amide bonds. The van der Waals surface area contributed by atoms with Crippen molar-refractivity contribution in [1.29, 1.82) is 0 Å². The highest BCUT2D eigenvalue weighted by molar-refractivity contribution is 7.90. The second kappa shape index (κ2) is 7.53. The van der Waals surface area contributed by atoms with E-state index in [4.69, 9.17) is 0 Å². The molecule has 0 unspecified atom stereocenters. The van der Waals surface area contributed by atoms with Crippen LogP contribution < -0.4 is 0 Å². The zero-order chi connectivity index (χ0) is 16.2. The molecule has 2 atom stereocenters. The quantitative estimate of drug-likeness (QED) is 0.768. The molecule has 6 nitrogen and oxygen atoms in total. The highest BCUT2D eigenvalue weighted by Crippen LogP contribution is 2.34. The maximum Gasteiger partial charge on any atom is 0.166 e. The van der Waals surface area contributed by atoms with Gasteiger partial charge in [0, 0.05) is 6.54 Å². The van der Waals surface area contributed by atoms with Crippen molar-refractivity contribution < 1.29 is 8.42 Å². The largest absolute Gasteiger partial charge is 0.229 e. The van der Waals surface area contributed by atoms with Crippen LogP contribution >= 0.6 is 0 Å². The van der Waals surface area contributed by atoms with Gasteiger partial charge in [0.2, 0.25) is 0 Å². The fraction of sp³-hybridized carbons (Fsp3) is 0.933. The molecule has 1 aromatic heterocycles. The molecule has 126 valence electrons. The summed E-state index contributed by atoms with van der Waals surface area (Å²) in [6, 6.07) is 0. The van der Waals surface area contributed by atoms with Crippen molar-refractivity contribution in [3.63, 3.8) is 0 Å². The molecule has 1 fully saturated rings. The van der Waals surface area contributed by atoms with Gasteiger partial charge in [0.15, 0.2) is 15.7 Å². The first-order valence-corrected chi connectivity index (χ1v) is 10.2. The summed E-state index contributed by atoms with van der Waals surface area (Å²) >= 11 is 0. The topological polar surface area (TPSA) is 77.7 Å². The Bertz CT molecular complexity index is 560. The molecule has 0 saturated heterocycles. The summed E-state index contributed by atoms with van der Waals surface area (Å²) in [5.41, 5.74) is 0. The van der Waals surface area contributed by atoms with Gasteiger partial charge >= 0.3 is 0 Å². The van der Waals surface area contributed by atoms with Crippen LogP contribution in [0.15, 0.2) is 0 Å². The Morgan fingerprint density at radius 1 is 1.18 bits per heavy atom. The molecule has 0 spiro atoms. The van der Waals surface area contributed by atoms with Gasteiger partial charge in [-0.1, -0.05) is 20.8 Å². The SMILES string of the molecule is CCCn1nnnc1CS(=O)(=O)CCC1C[C@@H](C)C[C@H](C)C1. The van der Waals surface area contributed by atoms with Gasteiger partial charge in [-0.05, 0) is 60.3 Å². The highest BCUT2D eigenvalue weighted by Gasteiger charge is 2.26. The lowest BCUT2D eigenvalue weighted by Gasteiger charge is -2.31. The maximum atomic E-state index is 12.4. The van der Waals surface area contributed by atoms with Crippen LogP contribution in [0.1, 0.15) is 58.7 Å². The minimum atomic E-state index is -3.14. The molecule has 1 aliphatic rings. The predicted molar refractivity (Wildman–Crippen MR) is 85.9 cm³/mol. The summed E-state index contributed by atoms with van der Waals surface area (Å²) < 4.78 is 26.3. The van der Waals surface area contributed by atoms with Gasteiger partial charge in [-0.25, -0.2) is 13.1 Å². The van der Waals surface area contributed by atoms with Gasteiger partial charge in [0.1, 0.15) is 5.75 Å². The summed E-state index contributed by atoms with van der Waals surface area (Å²) in [4.78, 5) is 0. The van der Waals surface area contributed by atoms with Crippen molar-refractivity contribution in [3.05, 3.63) is 5.82 Å². The van der Waals surface area contributed by atoms with E-state index in [1.165, 1.54) is 6.42 Å². The highest BCUT2D eigenvalue weighted by atomic mass is 32.2. The van der Waals surface area contributed by atoms with E-state index in [-0.39, 0.29) is 11.5 Å². The van der Waals surface area contributed by atoms with E-state index < -0.39 is 9.84 Å². The summed E-state index contributed by atoms with van der Waals surface area (Å²) in [6.07, 6.45) is 5.25. The van der Waals surface area contributed by atoms with Crippen molar-refractivity contribution in [3.8, 4) is 0 Å². The third-order valence-corrected chi connectivity index (χ3v) is 6.06. The first-order chi connectivity index (χ1) is 10.4. The van der Waals surface area contributed by atoms with E-state index in [0.717, 1.165) is 25.7 Å². The summed E-state index contributed by atoms with van der Waals surface area (Å²) in [5.74, 6) is 2.64. The van der Waals surface area contributed by atoms with E-state index in [2.05, 4.69) is 29.4 Å². The van der Waals surface area contributed by atoms with Crippen molar-refractivity contribution >= 4 is 9.84 Å². The van der Waals surface area contributed by atoms with Gasteiger partial charge in [-0.15, -0.1) is 5.10 Å². The van der Waals surface area contributed by atoms with Crippen molar-refractivity contribution in [1.82, 2.24) is 20.2 Å². The van der Waals surface area contributed by atoms with Crippen LogP contribution in [-0.2, 0) is 22.1 Å². The van der Waals surface area contributed by atoms with E-state index in [0.29, 0.717) is 30.1 Å². The van der Waals surface area contributed by atoms with Gasteiger partial charge in [-0.2, -0.15) is 0 Å². The lowest BCUT2D eigenvalue weighted by Crippen LogP contribution is -2.23. The number of hydrogen-bond acceptors (Lipinski definition) is 5. The minimum absolute atomic E-state index is 0.0438. The van der Waals surface area contributed by atoms with Crippen LogP contribution in [0.3, 0.4) is 0 Å². The summed E-state index contributed by atoms with van der Waals surface area (Å²) in [7, 11) is -3.14. The second-order valence-electron chi connectivity index (χ2n) is 6.98. The molecule has 1 aromatic rings. The van der Waals surface area contributed by atoms with Crippen molar-refractivity contribution in [2.24, 2.45) is 17.8 Å². The third-order valence-electron chi connectivity index (χ3n) is 4.50. The van der Waals surface area contributed by atoms with E-state index >= 15 is 0 Å². The number of nitrogens with zero attached hydrogens (tertiary/aromatic N) is 4. The standard InChI is InChI=1S/C15H28N4O2S/c1-4-6-19-15(16-17-18-19)11-22(20,21)7-5-14-9-12(2)8-13(3)10-14/h12-14H,4-11H2,1-3H3/t12-,13-/m0/s1. The molecule has 0 aliphatic heterocycles. The molecule has 0 N–H and O–H groups in total. The zero-order valence-electron chi connectivity index (χ0n) is 13.9. The molecule has 1 saturated carbocycles. The van der Waals surface area contributed by atoms with E-state index in [9.17, 15) is 8.42 Å². The minimum Gasteiger partial charge on any atom is -0.229 e. The summed E-state index contributed by atoms with van der Waals surface area (Å²) in [6.45, 7) is 7.23. The predicted octanol–water partition coefficient (Wildman–Crippen LogP) is 2.46. The first-order valence-electron chi connectivity index (χ1n) is 8.35. The number of sulfone groups is 1. The van der Waals surface area contributed by atoms with Crippen LogP contribution in [0.4, 0.5) is 0 Å². The van der Waals surface area contributed by atoms with Crippen LogP contribution in [0, 0.1) is 17.8 Å². The molecule has 1 aliphatic carbocycles. The monoisotopic (exact) mass is 328 g/mol. The fourth-order valence-corrected chi connectivity index (χ4v) is 5.11. The molecular formula is C15H28N4O2S. The van der Waals surface area contributed by atoms with Gasteiger partial charge in [0.05, 0.1) is 5.75 Å². The van der Waals surface area contributed by atoms with Crippen LogP contribution in [0.25, 0.3) is 0 Å². The fourth-order valence-electron chi connectivity index (χ4n) is 3.68. The Morgan fingerprint density at radius 3 is 2.50 bits per heavy atom. The Balaban J connectivity index is 1.89. The third kappa shape index (κ3) is 5.04. The number of tetrazole rings is 1. The Labute approximate surface area is 133 Å². The zero-order valence-corrected chi connectivity index (χ0v) is 14.7. The molecule has 7 heteroatoms. The lowest BCUT2D eigenvalue weighted by molar-refractivity contribution is 0.215. The Kier molecular flexibility index (Phi) is 5.94. The molecule has 22 heavy (non-hydrogen) atoms. The van der Waals surface area contributed by atoms with E-state index in [1.54, 1.807) is 4.68 Å². The van der Waals surface area contributed by atoms with E-state index in [1.807, 2.05) is 6.92 Å². The molecule has 0 aromatic carbocycles.